The van der Waals surface area contributed by atoms with E-state index in [0.717, 1.165) is 49.3 Å². The zero-order valence-electron chi connectivity index (χ0n) is 18.1. The van der Waals surface area contributed by atoms with Gasteiger partial charge < -0.3 is 19.9 Å². The SMILES string of the molecule is CN=C(NCc1nc(-c2ccc(OC)cc2)n[nH]1)N1CCN(c2ccccc2F)CC1.I. The molecule has 1 aliphatic rings. The highest BCUT2D eigenvalue weighted by molar-refractivity contribution is 14.0. The molecule has 32 heavy (non-hydrogen) atoms. The van der Waals surface area contributed by atoms with Crippen LogP contribution in [0, 0.1) is 5.82 Å². The molecule has 8 nitrogen and oxygen atoms in total. The molecular weight excluding hydrogens is 524 g/mol. The third-order valence-electron chi connectivity index (χ3n) is 5.28. The molecular formula is C22H27FIN7O. The van der Waals surface area contributed by atoms with Crippen molar-refractivity contribution >= 4 is 35.6 Å². The largest absolute Gasteiger partial charge is 0.497 e. The van der Waals surface area contributed by atoms with Crippen molar-refractivity contribution in [1.29, 1.82) is 0 Å². The van der Waals surface area contributed by atoms with E-state index in [4.69, 9.17) is 4.74 Å². The van der Waals surface area contributed by atoms with Crippen LogP contribution in [0.3, 0.4) is 0 Å². The molecule has 4 rings (SSSR count). The molecule has 1 aromatic heterocycles. The molecule has 0 unspecified atom stereocenters. The Balaban J connectivity index is 0.00000289. The smallest absolute Gasteiger partial charge is 0.194 e. The van der Waals surface area contributed by atoms with Crippen LogP contribution < -0.4 is 15.0 Å². The number of aromatic nitrogens is 3. The standard InChI is InChI=1S/C22H26FN7O.HI/c1-24-22(30-13-11-29(12-14-30)19-6-4-3-5-18(19)23)25-15-20-26-21(28-27-20)16-7-9-17(31-2)10-8-16;/h3-10H,11-15H2,1-2H3,(H,24,25)(H,26,27,28);1H. The van der Waals surface area contributed by atoms with E-state index in [1.54, 1.807) is 20.2 Å². The van der Waals surface area contributed by atoms with Crippen LogP contribution in [-0.4, -0.2) is 66.4 Å². The minimum atomic E-state index is -0.184. The molecule has 0 atom stereocenters. The molecule has 2 aromatic carbocycles. The quantitative estimate of drug-likeness (QED) is 0.288. The van der Waals surface area contributed by atoms with Gasteiger partial charge >= 0.3 is 0 Å². The van der Waals surface area contributed by atoms with Gasteiger partial charge in [0, 0.05) is 38.8 Å². The molecule has 0 radical (unpaired) electrons. The average molecular weight is 551 g/mol. The van der Waals surface area contributed by atoms with E-state index in [0.29, 0.717) is 18.1 Å². The molecule has 0 amide bonds. The van der Waals surface area contributed by atoms with Crippen LogP contribution in [0.5, 0.6) is 5.75 Å². The molecule has 2 heterocycles. The summed E-state index contributed by atoms with van der Waals surface area (Å²) in [6.45, 7) is 3.43. The maximum Gasteiger partial charge on any atom is 0.194 e. The van der Waals surface area contributed by atoms with Crippen molar-refractivity contribution in [3.05, 3.63) is 60.2 Å². The number of hydrogen-bond acceptors (Lipinski definition) is 5. The van der Waals surface area contributed by atoms with Gasteiger partial charge in [-0.1, -0.05) is 12.1 Å². The highest BCUT2D eigenvalue weighted by atomic mass is 127. The maximum atomic E-state index is 14.1. The number of piperazine rings is 1. The fraction of sp³-hybridized carbons (Fsp3) is 0.318. The van der Waals surface area contributed by atoms with Gasteiger partial charge in [-0.2, -0.15) is 5.10 Å². The number of hydrogen-bond donors (Lipinski definition) is 2. The number of aliphatic imine (C=N–C) groups is 1. The number of nitrogens with zero attached hydrogens (tertiary/aromatic N) is 5. The Bertz CT molecular complexity index is 1030. The van der Waals surface area contributed by atoms with Gasteiger partial charge in [-0.3, -0.25) is 10.1 Å². The van der Waals surface area contributed by atoms with E-state index >= 15 is 0 Å². The second-order valence-corrected chi connectivity index (χ2v) is 7.16. The molecule has 10 heteroatoms. The normalized spacial score (nSPS) is 14.2. The first-order valence-electron chi connectivity index (χ1n) is 10.2. The number of benzene rings is 2. The summed E-state index contributed by atoms with van der Waals surface area (Å²) in [6.07, 6.45) is 0. The van der Waals surface area contributed by atoms with E-state index in [1.165, 1.54) is 6.07 Å². The predicted molar refractivity (Wildman–Crippen MR) is 134 cm³/mol. The lowest BCUT2D eigenvalue weighted by atomic mass is 10.2. The van der Waals surface area contributed by atoms with Crippen LogP contribution in [0.25, 0.3) is 11.4 Å². The maximum absolute atomic E-state index is 14.1. The summed E-state index contributed by atoms with van der Waals surface area (Å²) < 4.78 is 19.2. The van der Waals surface area contributed by atoms with Crippen LogP contribution in [0.15, 0.2) is 53.5 Å². The first-order chi connectivity index (χ1) is 15.2. The number of para-hydroxylation sites is 1. The van der Waals surface area contributed by atoms with Crippen molar-refractivity contribution in [3.8, 4) is 17.1 Å². The zero-order chi connectivity index (χ0) is 21.6. The Morgan fingerprint density at radius 2 is 1.84 bits per heavy atom. The Kier molecular flexibility index (Phi) is 8.26. The molecule has 0 spiro atoms. The first-order valence-corrected chi connectivity index (χ1v) is 10.2. The molecule has 0 bridgehead atoms. The number of nitrogens with one attached hydrogen (secondary N) is 2. The number of ether oxygens (including phenoxy) is 1. The average Bonchev–Trinajstić information content (AvgIpc) is 3.29. The second-order valence-electron chi connectivity index (χ2n) is 7.16. The third-order valence-corrected chi connectivity index (χ3v) is 5.28. The van der Waals surface area contributed by atoms with Crippen molar-refractivity contribution in [1.82, 2.24) is 25.4 Å². The number of halogens is 2. The summed E-state index contributed by atoms with van der Waals surface area (Å²) in [5, 5.41) is 10.6. The van der Waals surface area contributed by atoms with Crippen LogP contribution in [-0.2, 0) is 6.54 Å². The molecule has 3 aromatic rings. The number of H-pyrrole nitrogens is 1. The summed E-state index contributed by atoms with van der Waals surface area (Å²) in [7, 11) is 3.40. The van der Waals surface area contributed by atoms with Crippen molar-refractivity contribution in [3.63, 3.8) is 0 Å². The minimum absolute atomic E-state index is 0. The monoisotopic (exact) mass is 551 g/mol. The number of aromatic amines is 1. The third kappa shape index (κ3) is 5.47. The van der Waals surface area contributed by atoms with Crippen molar-refractivity contribution in [2.24, 2.45) is 4.99 Å². The number of guanidine groups is 1. The van der Waals surface area contributed by atoms with Gasteiger partial charge in [0.25, 0.3) is 0 Å². The Morgan fingerprint density at radius 3 is 2.50 bits per heavy atom. The number of methoxy groups -OCH3 is 1. The summed E-state index contributed by atoms with van der Waals surface area (Å²) in [5.41, 5.74) is 1.56. The zero-order valence-corrected chi connectivity index (χ0v) is 20.4. The Hall–Kier alpha value is -2.89. The molecule has 1 fully saturated rings. The van der Waals surface area contributed by atoms with Gasteiger partial charge in [0.05, 0.1) is 19.3 Å². The predicted octanol–water partition coefficient (Wildman–Crippen LogP) is 3.14. The van der Waals surface area contributed by atoms with Crippen molar-refractivity contribution in [2.45, 2.75) is 6.54 Å². The van der Waals surface area contributed by atoms with E-state index in [2.05, 4.69) is 35.3 Å². The van der Waals surface area contributed by atoms with Gasteiger partial charge in [0.1, 0.15) is 17.4 Å². The molecule has 0 saturated carbocycles. The molecule has 1 saturated heterocycles. The molecule has 2 N–H and O–H groups in total. The summed E-state index contributed by atoms with van der Waals surface area (Å²) >= 11 is 0. The van der Waals surface area contributed by atoms with Crippen LogP contribution in [0.4, 0.5) is 10.1 Å². The first kappa shape index (κ1) is 23.8. The fourth-order valence-corrected chi connectivity index (χ4v) is 3.61. The van der Waals surface area contributed by atoms with E-state index in [9.17, 15) is 4.39 Å². The lowest BCUT2D eigenvalue weighted by Crippen LogP contribution is -2.52. The Morgan fingerprint density at radius 1 is 1.12 bits per heavy atom. The van der Waals surface area contributed by atoms with E-state index in [1.807, 2.05) is 36.4 Å². The highest BCUT2D eigenvalue weighted by Crippen LogP contribution is 2.21. The van der Waals surface area contributed by atoms with Crippen LogP contribution in [0.1, 0.15) is 5.82 Å². The lowest BCUT2D eigenvalue weighted by molar-refractivity contribution is 0.370. The topological polar surface area (TPSA) is 81.7 Å². The minimum Gasteiger partial charge on any atom is -0.497 e. The summed E-state index contributed by atoms with van der Waals surface area (Å²) in [4.78, 5) is 13.2. The number of anilines is 1. The van der Waals surface area contributed by atoms with E-state index < -0.39 is 0 Å². The second kappa shape index (κ2) is 11.1. The van der Waals surface area contributed by atoms with Crippen molar-refractivity contribution in [2.75, 3.05) is 45.2 Å². The van der Waals surface area contributed by atoms with Crippen LogP contribution >= 0.6 is 24.0 Å². The number of rotatable bonds is 5. The van der Waals surface area contributed by atoms with Gasteiger partial charge in [-0.15, -0.1) is 24.0 Å². The highest BCUT2D eigenvalue weighted by Gasteiger charge is 2.21. The lowest BCUT2D eigenvalue weighted by Gasteiger charge is -2.37. The summed E-state index contributed by atoms with van der Waals surface area (Å²) in [6, 6.07) is 14.5. The summed E-state index contributed by atoms with van der Waals surface area (Å²) in [5.74, 6) is 2.75. The van der Waals surface area contributed by atoms with Crippen LogP contribution in [0.2, 0.25) is 0 Å². The molecule has 1 aliphatic heterocycles. The van der Waals surface area contributed by atoms with Gasteiger partial charge in [-0.25, -0.2) is 9.37 Å². The van der Waals surface area contributed by atoms with Crippen molar-refractivity contribution < 1.29 is 9.13 Å². The molecule has 170 valence electrons. The fourth-order valence-electron chi connectivity index (χ4n) is 3.61. The Labute approximate surface area is 203 Å². The van der Waals surface area contributed by atoms with Gasteiger partial charge in [-0.05, 0) is 36.4 Å². The van der Waals surface area contributed by atoms with Gasteiger partial charge in [0.2, 0.25) is 0 Å². The van der Waals surface area contributed by atoms with E-state index in [-0.39, 0.29) is 29.8 Å². The van der Waals surface area contributed by atoms with Gasteiger partial charge in [0.15, 0.2) is 11.8 Å². The molecule has 0 aliphatic carbocycles.